The lowest BCUT2D eigenvalue weighted by Gasteiger charge is -2.38. The Labute approximate surface area is 214 Å². The predicted octanol–water partition coefficient (Wildman–Crippen LogP) is 4.14. The first kappa shape index (κ1) is 28.2. The summed E-state index contributed by atoms with van der Waals surface area (Å²) < 4.78 is 25.0. The fourth-order valence-electron chi connectivity index (χ4n) is 5.60. The molecule has 3 N–H and O–H groups in total. The predicted molar refractivity (Wildman–Crippen MR) is 137 cm³/mol. The first-order valence-electron chi connectivity index (χ1n) is 13.3. The first-order valence-corrected chi connectivity index (χ1v) is 13.3. The molecule has 0 bridgehead atoms. The lowest BCUT2D eigenvalue weighted by atomic mass is 9.86. The zero-order chi connectivity index (χ0) is 25.9. The van der Waals surface area contributed by atoms with Crippen molar-refractivity contribution in [2.75, 3.05) is 46.9 Å². The van der Waals surface area contributed by atoms with Crippen LogP contribution in [-0.4, -0.2) is 70.0 Å². The van der Waals surface area contributed by atoms with Crippen molar-refractivity contribution < 1.29 is 23.5 Å². The van der Waals surface area contributed by atoms with Crippen LogP contribution in [0, 0.1) is 24.6 Å². The number of aryl methyl sites for hydroxylation is 1. The van der Waals surface area contributed by atoms with Crippen LogP contribution < -0.4 is 16.0 Å². The maximum atomic E-state index is 14.2. The lowest BCUT2D eigenvalue weighted by Crippen LogP contribution is -2.51. The van der Waals surface area contributed by atoms with Gasteiger partial charge < -0.3 is 30.3 Å². The topological polar surface area (TPSA) is 91.9 Å². The Morgan fingerprint density at radius 2 is 1.97 bits per heavy atom. The summed E-state index contributed by atoms with van der Waals surface area (Å²) in [6.45, 7) is 4.45. The van der Waals surface area contributed by atoms with Crippen molar-refractivity contribution in [3.8, 4) is 0 Å². The Morgan fingerprint density at radius 3 is 2.69 bits per heavy atom. The van der Waals surface area contributed by atoms with Crippen molar-refractivity contribution in [3.05, 3.63) is 35.1 Å². The maximum Gasteiger partial charge on any atom is 0.406 e. The second-order valence-corrected chi connectivity index (χ2v) is 10.1. The first-order chi connectivity index (χ1) is 17.4. The van der Waals surface area contributed by atoms with E-state index in [2.05, 4.69) is 20.7 Å². The number of hydrogen-bond acceptors (Lipinski definition) is 5. The van der Waals surface area contributed by atoms with Crippen LogP contribution in [0.2, 0.25) is 0 Å². The molecule has 1 aliphatic carbocycles. The average molecular weight is 507 g/mol. The van der Waals surface area contributed by atoms with Gasteiger partial charge in [-0.2, -0.15) is 0 Å². The monoisotopic (exact) mass is 506 g/mol. The number of rotatable bonds is 11. The van der Waals surface area contributed by atoms with Gasteiger partial charge >= 0.3 is 12.1 Å². The van der Waals surface area contributed by atoms with E-state index in [1.165, 1.54) is 44.9 Å². The quantitative estimate of drug-likeness (QED) is 0.393. The minimum atomic E-state index is -0.522. The molecule has 3 amide bonds. The zero-order valence-electron chi connectivity index (χ0n) is 22.0. The molecule has 1 aliphatic heterocycles. The minimum absolute atomic E-state index is 0.0145. The van der Waals surface area contributed by atoms with Crippen molar-refractivity contribution >= 4 is 12.1 Å². The van der Waals surface area contributed by atoms with Gasteiger partial charge in [0.2, 0.25) is 0 Å². The summed E-state index contributed by atoms with van der Waals surface area (Å²) in [5.74, 6) is 0.384. The molecule has 2 fully saturated rings. The van der Waals surface area contributed by atoms with E-state index in [1.807, 2.05) is 18.9 Å². The fourth-order valence-corrected chi connectivity index (χ4v) is 5.60. The number of benzene rings is 1. The number of urea groups is 1. The van der Waals surface area contributed by atoms with Gasteiger partial charge in [-0.1, -0.05) is 31.7 Å². The minimum Gasteiger partial charge on any atom is -0.453 e. The molecule has 3 unspecified atom stereocenters. The molecule has 1 saturated carbocycles. The van der Waals surface area contributed by atoms with Crippen molar-refractivity contribution in [1.82, 2.24) is 20.9 Å². The molecule has 1 saturated heterocycles. The van der Waals surface area contributed by atoms with Gasteiger partial charge in [-0.25, -0.2) is 14.0 Å². The highest BCUT2D eigenvalue weighted by molar-refractivity contribution is 5.74. The van der Waals surface area contributed by atoms with Crippen LogP contribution in [0.3, 0.4) is 0 Å². The van der Waals surface area contributed by atoms with Gasteiger partial charge in [-0.3, -0.25) is 0 Å². The number of hydrogen-bond donors (Lipinski definition) is 3. The Hall–Kier alpha value is -2.39. The molecule has 36 heavy (non-hydrogen) atoms. The number of piperidine rings is 1. The van der Waals surface area contributed by atoms with Gasteiger partial charge in [0.15, 0.2) is 0 Å². The Morgan fingerprint density at radius 1 is 1.19 bits per heavy atom. The van der Waals surface area contributed by atoms with Gasteiger partial charge in [0.05, 0.1) is 19.8 Å². The highest BCUT2D eigenvalue weighted by atomic mass is 19.1. The molecule has 0 spiro atoms. The molecular formula is C27H43FN4O4. The summed E-state index contributed by atoms with van der Waals surface area (Å²) in [5.41, 5.74) is 1.73. The molecular weight excluding hydrogens is 463 g/mol. The third-order valence-corrected chi connectivity index (χ3v) is 7.45. The number of carbonyl (C=O) groups excluding carboxylic acids is 2. The average Bonchev–Trinajstić information content (AvgIpc) is 3.39. The number of halogens is 1. The number of ether oxygens (including phenoxy) is 2. The van der Waals surface area contributed by atoms with Gasteiger partial charge in [0, 0.05) is 38.1 Å². The third-order valence-electron chi connectivity index (χ3n) is 7.45. The number of nitrogens with one attached hydrogen (secondary N) is 3. The summed E-state index contributed by atoms with van der Waals surface area (Å²) in [4.78, 5) is 26.5. The summed E-state index contributed by atoms with van der Waals surface area (Å²) in [7, 11) is 3.23. The Kier molecular flexibility index (Phi) is 11.3. The van der Waals surface area contributed by atoms with E-state index in [9.17, 15) is 14.0 Å². The molecule has 0 aromatic heterocycles. The van der Waals surface area contributed by atoms with Crippen LogP contribution in [0.5, 0.6) is 0 Å². The van der Waals surface area contributed by atoms with Crippen LogP contribution in [0.1, 0.15) is 62.2 Å². The molecule has 9 heteroatoms. The van der Waals surface area contributed by atoms with Crippen molar-refractivity contribution in [1.29, 1.82) is 0 Å². The molecule has 3 rings (SSSR count). The van der Waals surface area contributed by atoms with Crippen molar-refractivity contribution in [2.24, 2.45) is 11.8 Å². The maximum absolute atomic E-state index is 14.2. The summed E-state index contributed by atoms with van der Waals surface area (Å²) in [5, 5.41) is 9.11. The van der Waals surface area contributed by atoms with E-state index in [-0.39, 0.29) is 43.1 Å². The molecule has 1 heterocycles. The fraction of sp³-hybridized carbons (Fsp3) is 0.704. The highest BCUT2D eigenvalue weighted by Gasteiger charge is 2.33. The number of alkyl carbamates (subject to hydrolysis) is 1. The second-order valence-electron chi connectivity index (χ2n) is 10.1. The third kappa shape index (κ3) is 8.34. The molecule has 1 aromatic carbocycles. The van der Waals surface area contributed by atoms with E-state index >= 15 is 0 Å². The van der Waals surface area contributed by atoms with Gasteiger partial charge in [0.25, 0.3) is 0 Å². The van der Waals surface area contributed by atoms with Crippen LogP contribution in [-0.2, 0) is 9.47 Å². The Bertz CT molecular complexity index is 849. The van der Waals surface area contributed by atoms with E-state index in [0.717, 1.165) is 36.9 Å². The van der Waals surface area contributed by atoms with Crippen LogP contribution in [0.4, 0.5) is 14.0 Å². The van der Waals surface area contributed by atoms with E-state index < -0.39 is 6.09 Å². The largest absolute Gasteiger partial charge is 0.453 e. The molecule has 3 atom stereocenters. The summed E-state index contributed by atoms with van der Waals surface area (Å²) >= 11 is 0. The van der Waals surface area contributed by atoms with Gasteiger partial charge in [-0.05, 0) is 62.4 Å². The van der Waals surface area contributed by atoms with Crippen molar-refractivity contribution in [2.45, 2.75) is 64.0 Å². The van der Waals surface area contributed by atoms with E-state index in [4.69, 9.17) is 4.74 Å². The van der Waals surface area contributed by atoms with Crippen molar-refractivity contribution in [3.63, 3.8) is 0 Å². The Balaban J connectivity index is 1.66. The molecule has 1 aromatic rings. The normalized spacial score (nSPS) is 20.1. The van der Waals surface area contributed by atoms with Crippen LogP contribution in [0.25, 0.3) is 0 Å². The summed E-state index contributed by atoms with van der Waals surface area (Å²) in [6, 6.07) is 4.79. The SMILES string of the molecule is CNCC(CC1CCCC1)NC(=O)N1CCCC(C(OCCNC(=O)OC)c2cc(F)ccc2C)C1. The highest BCUT2D eigenvalue weighted by Crippen LogP contribution is 2.35. The van der Waals surface area contributed by atoms with Gasteiger partial charge in [0.1, 0.15) is 5.82 Å². The zero-order valence-corrected chi connectivity index (χ0v) is 22.0. The number of methoxy groups -OCH3 is 1. The van der Waals surface area contributed by atoms with E-state index in [0.29, 0.717) is 19.0 Å². The summed E-state index contributed by atoms with van der Waals surface area (Å²) in [6.07, 6.45) is 6.89. The van der Waals surface area contributed by atoms with Crippen LogP contribution >= 0.6 is 0 Å². The molecule has 0 radical (unpaired) electrons. The molecule has 2 aliphatic rings. The van der Waals surface area contributed by atoms with Gasteiger partial charge in [-0.15, -0.1) is 0 Å². The van der Waals surface area contributed by atoms with E-state index in [1.54, 1.807) is 6.07 Å². The van der Waals surface area contributed by atoms with Crippen LogP contribution in [0.15, 0.2) is 18.2 Å². The number of nitrogens with zero attached hydrogens (tertiary/aromatic N) is 1. The molecule has 8 nitrogen and oxygen atoms in total. The lowest BCUT2D eigenvalue weighted by molar-refractivity contribution is -0.00914. The standard InChI is InChI=1S/C27H43FN4O4/c1-19-10-11-22(28)16-24(19)25(36-14-12-30-27(34)35-3)21-9-6-13-32(18-21)26(33)31-23(17-29-2)15-20-7-4-5-8-20/h10-11,16,20-21,23,25,29H,4-9,12-15,17-18H2,1-3H3,(H,30,34)(H,31,33). The molecule has 202 valence electrons. The number of likely N-dealkylation sites (tertiary alicyclic amines) is 1. The number of likely N-dealkylation sites (N-methyl/N-ethyl adjacent to an activating group) is 1. The number of amides is 3. The number of carbonyl (C=O) groups is 2. The second kappa shape index (κ2) is 14.4. The smallest absolute Gasteiger partial charge is 0.406 e.